The van der Waals surface area contributed by atoms with Crippen LogP contribution < -0.4 is 0 Å². The average Bonchev–Trinajstić information content (AvgIpc) is 3.24. The summed E-state index contributed by atoms with van der Waals surface area (Å²) in [5, 5.41) is 16.7. The molecule has 2 heterocycles. The van der Waals surface area contributed by atoms with Crippen LogP contribution in [0.1, 0.15) is 70.3 Å². The summed E-state index contributed by atoms with van der Waals surface area (Å²) in [6, 6.07) is 16.3. The van der Waals surface area contributed by atoms with Gasteiger partial charge in [0.05, 0.1) is 5.76 Å². The standard InChI is InChI=1S/C22H16NO.C13H24O2.Ir/c1-12-10-19-17(16-7-5-4-6-15(12)16)8-9-18-21(19)23-11-20-13(2)14(3)24-22(18)20;1-5-10(6-2)12(14)9-13(15)11(7-3)8-4;/h4-9,11H,1-3H3;9-11,14H,5-8H2,1-4H3;/q-1;;/b;12-9-;. The molecule has 0 atom stereocenters. The van der Waals surface area contributed by atoms with Crippen LogP contribution in [0.2, 0.25) is 0 Å². The number of pyridine rings is 1. The van der Waals surface area contributed by atoms with Crippen LogP contribution in [-0.2, 0) is 24.9 Å². The van der Waals surface area contributed by atoms with E-state index in [2.05, 4.69) is 56.3 Å². The number of ketones is 1. The van der Waals surface area contributed by atoms with Crippen molar-refractivity contribution in [2.24, 2.45) is 11.8 Å². The minimum absolute atomic E-state index is 0. The Balaban J connectivity index is 0.000000243. The number of hydrogen-bond acceptors (Lipinski definition) is 4. The van der Waals surface area contributed by atoms with Crippen molar-refractivity contribution in [1.29, 1.82) is 0 Å². The van der Waals surface area contributed by atoms with Crippen LogP contribution in [0.4, 0.5) is 0 Å². The van der Waals surface area contributed by atoms with Crippen molar-refractivity contribution < 1.29 is 34.4 Å². The van der Waals surface area contributed by atoms with Gasteiger partial charge in [-0.15, -0.1) is 17.0 Å². The van der Waals surface area contributed by atoms with Crippen LogP contribution in [0.5, 0.6) is 0 Å². The summed E-state index contributed by atoms with van der Waals surface area (Å²) in [5.74, 6) is 1.50. The maximum Gasteiger partial charge on any atom is 0.162 e. The molecule has 1 N–H and O–H groups in total. The van der Waals surface area contributed by atoms with Crippen molar-refractivity contribution in [3.05, 3.63) is 77.4 Å². The number of benzene rings is 3. The largest absolute Gasteiger partial charge is 0.512 e. The van der Waals surface area contributed by atoms with E-state index in [-0.39, 0.29) is 43.5 Å². The summed E-state index contributed by atoms with van der Waals surface area (Å²) in [4.78, 5) is 16.5. The Bertz CT molecular complexity index is 1670. The Kier molecular flexibility index (Phi) is 10.7. The van der Waals surface area contributed by atoms with E-state index in [9.17, 15) is 9.90 Å². The number of nitrogens with zero attached hydrogens (tertiary/aromatic N) is 1. The van der Waals surface area contributed by atoms with Crippen molar-refractivity contribution in [2.45, 2.75) is 74.1 Å². The van der Waals surface area contributed by atoms with Gasteiger partial charge in [0.15, 0.2) is 5.78 Å². The van der Waals surface area contributed by atoms with Crippen LogP contribution in [-0.4, -0.2) is 15.9 Å². The second kappa shape index (κ2) is 13.6. The third-order valence-electron chi connectivity index (χ3n) is 8.19. The minimum Gasteiger partial charge on any atom is -0.512 e. The average molecular weight is 715 g/mol. The predicted octanol–water partition coefficient (Wildman–Crippen LogP) is 9.88. The van der Waals surface area contributed by atoms with E-state index in [1.54, 1.807) is 0 Å². The van der Waals surface area contributed by atoms with E-state index in [0.29, 0.717) is 0 Å². The quantitative estimate of drug-likeness (QED) is 0.0789. The van der Waals surface area contributed by atoms with Gasteiger partial charge in [0.25, 0.3) is 0 Å². The number of aromatic nitrogens is 1. The molecule has 0 bridgehead atoms. The summed E-state index contributed by atoms with van der Waals surface area (Å²) in [6.07, 6.45) is 6.84. The minimum atomic E-state index is 0. The normalized spacial score (nSPS) is 11.9. The molecule has 0 saturated heterocycles. The zero-order valence-electron chi connectivity index (χ0n) is 24.6. The first-order chi connectivity index (χ1) is 18.7. The topological polar surface area (TPSA) is 63.3 Å². The number of carbonyl (C=O) groups excluding carboxylic acids is 1. The number of aliphatic hydroxyl groups excluding tert-OH is 1. The van der Waals surface area contributed by atoms with E-state index in [1.165, 1.54) is 22.2 Å². The first-order valence-electron chi connectivity index (χ1n) is 14.2. The zero-order valence-corrected chi connectivity index (χ0v) is 27.0. The van der Waals surface area contributed by atoms with Gasteiger partial charge in [0.2, 0.25) is 0 Å². The molecule has 5 heteroatoms. The first kappa shape index (κ1) is 31.5. The summed E-state index contributed by atoms with van der Waals surface area (Å²) < 4.78 is 6.02. The molecule has 0 amide bonds. The van der Waals surface area contributed by atoms with Crippen LogP contribution in [0, 0.1) is 38.7 Å². The van der Waals surface area contributed by atoms with Crippen molar-refractivity contribution in [3.63, 3.8) is 0 Å². The van der Waals surface area contributed by atoms with Gasteiger partial charge in [-0.05, 0) is 50.6 Å². The molecule has 0 aliphatic heterocycles. The molecule has 213 valence electrons. The molecular formula is C35H40IrNO3-. The molecular weight excluding hydrogens is 675 g/mol. The molecule has 4 nitrogen and oxygen atoms in total. The van der Waals surface area contributed by atoms with E-state index >= 15 is 0 Å². The maximum atomic E-state index is 11.7. The van der Waals surface area contributed by atoms with E-state index in [0.717, 1.165) is 69.8 Å². The summed E-state index contributed by atoms with van der Waals surface area (Å²) in [7, 11) is 0. The number of aryl methyl sites for hydroxylation is 3. The molecule has 0 unspecified atom stereocenters. The van der Waals surface area contributed by atoms with Gasteiger partial charge in [-0.1, -0.05) is 87.2 Å². The van der Waals surface area contributed by atoms with Crippen molar-refractivity contribution in [2.75, 3.05) is 0 Å². The van der Waals surface area contributed by atoms with Gasteiger partial charge in [0.1, 0.15) is 11.3 Å². The monoisotopic (exact) mass is 715 g/mol. The van der Waals surface area contributed by atoms with Gasteiger partial charge >= 0.3 is 0 Å². The van der Waals surface area contributed by atoms with Gasteiger partial charge in [-0.25, -0.2) is 0 Å². The Morgan fingerprint density at radius 2 is 1.48 bits per heavy atom. The Hall–Kier alpha value is -3.01. The van der Waals surface area contributed by atoms with Gasteiger partial charge in [-0.3, -0.25) is 4.79 Å². The number of rotatable bonds is 7. The molecule has 5 aromatic rings. The van der Waals surface area contributed by atoms with Gasteiger partial charge in [-0.2, -0.15) is 0 Å². The molecule has 2 aromatic heterocycles. The van der Waals surface area contributed by atoms with Gasteiger partial charge in [0, 0.05) is 55.0 Å². The van der Waals surface area contributed by atoms with Crippen LogP contribution >= 0.6 is 0 Å². The van der Waals surface area contributed by atoms with E-state index < -0.39 is 0 Å². The summed E-state index contributed by atoms with van der Waals surface area (Å²) in [5.41, 5.74) is 4.20. The summed E-state index contributed by atoms with van der Waals surface area (Å²) in [6.45, 7) is 14.3. The second-order valence-corrected chi connectivity index (χ2v) is 10.5. The zero-order chi connectivity index (χ0) is 28.3. The molecule has 0 aliphatic carbocycles. The van der Waals surface area contributed by atoms with Crippen LogP contribution in [0.3, 0.4) is 0 Å². The van der Waals surface area contributed by atoms with Crippen LogP contribution in [0.25, 0.3) is 43.4 Å². The third-order valence-corrected chi connectivity index (χ3v) is 8.19. The van der Waals surface area contributed by atoms with E-state index in [4.69, 9.17) is 9.40 Å². The number of aliphatic hydroxyl groups is 1. The van der Waals surface area contributed by atoms with Crippen molar-refractivity contribution in [1.82, 2.24) is 4.98 Å². The number of allylic oxidation sites excluding steroid dienone is 2. The molecule has 5 rings (SSSR count). The molecule has 1 radical (unpaired) electrons. The number of fused-ring (bicyclic) bond motifs is 7. The molecule has 40 heavy (non-hydrogen) atoms. The number of hydrogen-bond donors (Lipinski definition) is 1. The van der Waals surface area contributed by atoms with Crippen molar-refractivity contribution >= 4 is 49.2 Å². The summed E-state index contributed by atoms with van der Waals surface area (Å²) >= 11 is 0. The Morgan fingerprint density at radius 3 is 2.10 bits per heavy atom. The molecule has 3 aromatic carbocycles. The first-order valence-corrected chi connectivity index (χ1v) is 14.2. The van der Waals surface area contributed by atoms with Crippen molar-refractivity contribution in [3.8, 4) is 0 Å². The molecule has 0 spiro atoms. The maximum absolute atomic E-state index is 11.7. The fraction of sp³-hybridized carbons (Fsp3) is 0.371. The Morgan fingerprint density at radius 1 is 0.875 bits per heavy atom. The number of furan rings is 1. The van der Waals surface area contributed by atoms with Gasteiger partial charge < -0.3 is 14.5 Å². The predicted molar refractivity (Wildman–Crippen MR) is 163 cm³/mol. The fourth-order valence-corrected chi connectivity index (χ4v) is 5.47. The smallest absolute Gasteiger partial charge is 0.162 e. The Labute approximate surface area is 251 Å². The molecule has 0 saturated carbocycles. The van der Waals surface area contributed by atoms with E-state index in [1.807, 2.05) is 40.8 Å². The fourth-order valence-electron chi connectivity index (χ4n) is 5.47. The SMILES string of the molecule is CCC(CC)C(=O)/C=C(\O)C(CC)CC.Cc1oc2c(cnc3c4[c-]c(C)c5ccccc5c4ccc32)c1C.[Ir]. The second-order valence-electron chi connectivity index (χ2n) is 10.5. The molecule has 0 aliphatic rings. The third kappa shape index (κ3) is 6.01. The van der Waals surface area contributed by atoms with Crippen LogP contribution in [0.15, 0.2) is 58.8 Å². The number of carbonyl (C=O) groups is 1. The molecule has 0 fully saturated rings.